The summed E-state index contributed by atoms with van der Waals surface area (Å²) in [5, 5.41) is 3.19. The van der Waals surface area contributed by atoms with Gasteiger partial charge in [0.15, 0.2) is 12.4 Å². The van der Waals surface area contributed by atoms with Crippen molar-refractivity contribution in [2.45, 2.75) is 13.8 Å². The highest BCUT2D eigenvalue weighted by Gasteiger charge is 2.19. The molecule has 0 bridgehead atoms. The van der Waals surface area contributed by atoms with E-state index in [0.717, 1.165) is 16.9 Å². The van der Waals surface area contributed by atoms with Gasteiger partial charge in [-0.3, -0.25) is 9.59 Å². The van der Waals surface area contributed by atoms with Crippen molar-refractivity contribution in [1.29, 1.82) is 0 Å². The topological polar surface area (TPSA) is 77.8 Å². The molecular weight excluding hydrogens is 466 g/mol. The molecule has 5 rings (SSSR count). The maximum atomic E-state index is 13.4. The standard InChI is InChI=1S/C31H25NO5/c1-20-17-26-27(18-21(20)2)37-30(22-9-5-3-6-10-22)31(29(26)34)35-19-28(33)32-23-13-15-25(16-14-23)36-24-11-7-4-8-12-24/h3-18H,19H2,1-2H3,(H,32,33). The zero-order valence-corrected chi connectivity index (χ0v) is 20.5. The molecule has 0 radical (unpaired) electrons. The Bertz CT molecular complexity index is 1610. The minimum Gasteiger partial charge on any atom is -0.476 e. The average molecular weight is 492 g/mol. The van der Waals surface area contributed by atoms with Gasteiger partial charge in [0, 0.05) is 11.3 Å². The summed E-state index contributed by atoms with van der Waals surface area (Å²) in [6, 6.07) is 29.3. The van der Waals surface area contributed by atoms with Crippen LogP contribution in [0.3, 0.4) is 0 Å². The van der Waals surface area contributed by atoms with Crippen molar-refractivity contribution < 1.29 is 18.7 Å². The quantitative estimate of drug-likeness (QED) is 0.268. The first kappa shape index (κ1) is 23.9. The van der Waals surface area contributed by atoms with Crippen molar-refractivity contribution >= 4 is 22.6 Å². The van der Waals surface area contributed by atoms with Crippen LogP contribution in [0.5, 0.6) is 17.2 Å². The summed E-state index contributed by atoms with van der Waals surface area (Å²) >= 11 is 0. The zero-order chi connectivity index (χ0) is 25.8. The van der Waals surface area contributed by atoms with Crippen LogP contribution in [-0.4, -0.2) is 12.5 Å². The zero-order valence-electron chi connectivity index (χ0n) is 20.5. The van der Waals surface area contributed by atoms with Crippen molar-refractivity contribution in [1.82, 2.24) is 0 Å². The third-order valence-electron chi connectivity index (χ3n) is 5.97. The van der Waals surface area contributed by atoms with Crippen LogP contribution in [0.15, 0.2) is 106 Å². The second kappa shape index (κ2) is 10.4. The second-order valence-corrected chi connectivity index (χ2v) is 8.66. The Morgan fingerprint density at radius 3 is 2.14 bits per heavy atom. The monoisotopic (exact) mass is 491 g/mol. The molecule has 0 saturated heterocycles. The first-order chi connectivity index (χ1) is 18.0. The van der Waals surface area contributed by atoms with E-state index in [0.29, 0.717) is 28.0 Å². The molecule has 4 aromatic carbocycles. The van der Waals surface area contributed by atoms with Crippen LogP contribution in [0.4, 0.5) is 5.69 Å². The molecular formula is C31H25NO5. The number of hydrogen-bond donors (Lipinski definition) is 1. The van der Waals surface area contributed by atoms with Crippen molar-refractivity contribution in [3.63, 3.8) is 0 Å². The molecule has 0 saturated carbocycles. The van der Waals surface area contributed by atoms with E-state index in [9.17, 15) is 9.59 Å². The normalized spacial score (nSPS) is 10.8. The van der Waals surface area contributed by atoms with Gasteiger partial charge in [0.2, 0.25) is 11.2 Å². The van der Waals surface area contributed by atoms with E-state index in [1.54, 1.807) is 30.3 Å². The average Bonchev–Trinajstić information content (AvgIpc) is 2.91. The van der Waals surface area contributed by atoms with E-state index >= 15 is 0 Å². The lowest BCUT2D eigenvalue weighted by atomic mass is 10.0. The van der Waals surface area contributed by atoms with E-state index in [1.807, 2.05) is 80.6 Å². The minimum atomic E-state index is -0.407. The largest absolute Gasteiger partial charge is 0.476 e. The third kappa shape index (κ3) is 5.38. The van der Waals surface area contributed by atoms with Crippen molar-refractivity contribution in [2.75, 3.05) is 11.9 Å². The number of para-hydroxylation sites is 1. The van der Waals surface area contributed by atoms with Crippen molar-refractivity contribution in [2.24, 2.45) is 0 Å². The Kier molecular flexibility index (Phi) is 6.72. The minimum absolute atomic E-state index is 0.00344. The molecule has 37 heavy (non-hydrogen) atoms. The molecule has 184 valence electrons. The van der Waals surface area contributed by atoms with E-state index in [2.05, 4.69) is 5.32 Å². The number of hydrogen-bond acceptors (Lipinski definition) is 5. The summed E-state index contributed by atoms with van der Waals surface area (Å²) in [6.07, 6.45) is 0. The number of ether oxygens (including phenoxy) is 2. The maximum Gasteiger partial charge on any atom is 0.262 e. The van der Waals surface area contributed by atoms with Crippen LogP contribution in [0.1, 0.15) is 11.1 Å². The number of carbonyl (C=O) groups excluding carboxylic acids is 1. The molecule has 0 fully saturated rings. The number of rotatable bonds is 7. The van der Waals surface area contributed by atoms with E-state index in [4.69, 9.17) is 13.9 Å². The molecule has 6 nitrogen and oxygen atoms in total. The van der Waals surface area contributed by atoms with Crippen LogP contribution in [0.25, 0.3) is 22.3 Å². The predicted octanol–water partition coefficient (Wildman–Crippen LogP) is 6.89. The van der Waals surface area contributed by atoms with Gasteiger partial charge in [-0.2, -0.15) is 0 Å². The molecule has 0 atom stereocenters. The summed E-state index contributed by atoms with van der Waals surface area (Å²) in [5.41, 5.74) is 3.40. The van der Waals surface area contributed by atoms with Gasteiger partial charge in [-0.25, -0.2) is 0 Å². The fourth-order valence-electron chi connectivity index (χ4n) is 3.91. The Hall–Kier alpha value is -4.84. The molecule has 0 aliphatic rings. The van der Waals surface area contributed by atoms with Gasteiger partial charge in [0.25, 0.3) is 5.91 Å². The van der Waals surface area contributed by atoms with Gasteiger partial charge in [-0.05, 0) is 73.5 Å². The molecule has 0 unspecified atom stereocenters. The lowest BCUT2D eigenvalue weighted by Crippen LogP contribution is -2.22. The highest BCUT2D eigenvalue weighted by molar-refractivity contribution is 5.92. The number of anilines is 1. The molecule has 1 aromatic heterocycles. The van der Waals surface area contributed by atoms with E-state index in [-0.39, 0.29) is 23.5 Å². The smallest absolute Gasteiger partial charge is 0.262 e. The summed E-state index contributed by atoms with van der Waals surface area (Å²) in [6.45, 7) is 3.54. The number of carbonyl (C=O) groups is 1. The molecule has 0 aliphatic heterocycles. The number of aryl methyl sites for hydroxylation is 2. The molecule has 1 amide bonds. The lowest BCUT2D eigenvalue weighted by molar-refractivity contribution is -0.118. The van der Waals surface area contributed by atoms with Crippen LogP contribution in [-0.2, 0) is 4.79 Å². The number of fused-ring (bicyclic) bond motifs is 1. The Morgan fingerprint density at radius 1 is 0.811 bits per heavy atom. The highest BCUT2D eigenvalue weighted by atomic mass is 16.5. The molecule has 0 spiro atoms. The van der Waals surface area contributed by atoms with Gasteiger partial charge >= 0.3 is 0 Å². The van der Waals surface area contributed by atoms with Crippen LogP contribution in [0, 0.1) is 13.8 Å². The van der Waals surface area contributed by atoms with Crippen LogP contribution in [0.2, 0.25) is 0 Å². The lowest BCUT2D eigenvalue weighted by Gasteiger charge is -2.13. The Labute approximate surface area is 214 Å². The maximum absolute atomic E-state index is 13.4. The first-order valence-electron chi connectivity index (χ1n) is 11.9. The van der Waals surface area contributed by atoms with Crippen molar-refractivity contribution in [3.8, 4) is 28.6 Å². The van der Waals surface area contributed by atoms with Crippen LogP contribution >= 0.6 is 0 Å². The predicted molar refractivity (Wildman–Crippen MR) is 144 cm³/mol. The highest BCUT2D eigenvalue weighted by Crippen LogP contribution is 2.32. The van der Waals surface area contributed by atoms with Crippen LogP contribution < -0.4 is 20.2 Å². The third-order valence-corrected chi connectivity index (χ3v) is 5.97. The Morgan fingerprint density at radius 2 is 1.43 bits per heavy atom. The molecule has 1 N–H and O–H groups in total. The van der Waals surface area contributed by atoms with E-state index in [1.165, 1.54) is 0 Å². The molecule has 0 aliphatic carbocycles. The van der Waals surface area contributed by atoms with Gasteiger partial charge in [0.05, 0.1) is 5.39 Å². The van der Waals surface area contributed by atoms with Gasteiger partial charge < -0.3 is 19.2 Å². The van der Waals surface area contributed by atoms with Gasteiger partial charge in [-0.15, -0.1) is 0 Å². The number of benzene rings is 4. The summed E-state index contributed by atoms with van der Waals surface area (Å²) < 4.78 is 17.7. The Balaban J connectivity index is 1.35. The van der Waals surface area contributed by atoms with E-state index < -0.39 is 5.91 Å². The SMILES string of the molecule is Cc1cc2oc(-c3ccccc3)c(OCC(=O)Nc3ccc(Oc4ccccc4)cc3)c(=O)c2cc1C. The molecule has 1 heterocycles. The van der Waals surface area contributed by atoms with Crippen molar-refractivity contribution in [3.05, 3.63) is 118 Å². The summed E-state index contributed by atoms with van der Waals surface area (Å²) in [5.74, 6) is 1.25. The summed E-state index contributed by atoms with van der Waals surface area (Å²) in [7, 11) is 0. The summed E-state index contributed by atoms with van der Waals surface area (Å²) in [4.78, 5) is 26.1. The number of amides is 1. The number of nitrogens with one attached hydrogen (secondary N) is 1. The molecule has 6 heteroatoms. The first-order valence-corrected chi connectivity index (χ1v) is 11.9. The molecule has 5 aromatic rings. The van der Waals surface area contributed by atoms with Gasteiger partial charge in [0.1, 0.15) is 17.1 Å². The second-order valence-electron chi connectivity index (χ2n) is 8.66. The fraction of sp³-hybridized carbons (Fsp3) is 0.0968. The fourth-order valence-corrected chi connectivity index (χ4v) is 3.91. The van der Waals surface area contributed by atoms with Gasteiger partial charge in [-0.1, -0.05) is 48.5 Å².